The fraction of sp³-hybridized carbons (Fsp3) is 0.364. The number of amides is 2. The van der Waals surface area contributed by atoms with Crippen LogP contribution in [-0.4, -0.2) is 29.0 Å². The van der Waals surface area contributed by atoms with Crippen LogP contribution < -0.4 is 5.32 Å². The van der Waals surface area contributed by atoms with Gasteiger partial charge in [0.15, 0.2) is 5.58 Å². The van der Waals surface area contributed by atoms with Crippen molar-refractivity contribution < 1.29 is 18.0 Å². The topological polar surface area (TPSA) is 58.4 Å². The number of fused-ring (bicyclic) bond motifs is 1. The second-order valence-corrected chi connectivity index (χ2v) is 7.30. The molecule has 7 heteroatoms. The molecular formula is C22H23F2N3O2. The summed E-state index contributed by atoms with van der Waals surface area (Å²) in [6.45, 7) is 3.39. The molecule has 1 saturated heterocycles. The average molecular weight is 399 g/mol. The SMILES string of the molecule is CCCCNC(=O)N1CCC[C@H]1c1nc2cc(-c3ccc(F)cc3F)ccc2o1. The Morgan fingerprint density at radius 3 is 2.93 bits per heavy atom. The molecule has 1 aromatic heterocycles. The van der Waals surface area contributed by atoms with Crippen LogP contribution in [0.4, 0.5) is 13.6 Å². The fourth-order valence-electron chi connectivity index (χ4n) is 3.72. The van der Waals surface area contributed by atoms with Crippen LogP contribution in [0.25, 0.3) is 22.2 Å². The first-order valence-corrected chi connectivity index (χ1v) is 9.97. The number of urea groups is 1. The number of rotatable bonds is 5. The maximum Gasteiger partial charge on any atom is 0.318 e. The summed E-state index contributed by atoms with van der Waals surface area (Å²) in [5.74, 6) is -0.756. The van der Waals surface area contributed by atoms with E-state index in [0.29, 0.717) is 41.2 Å². The number of unbranched alkanes of at least 4 members (excludes halogenated alkanes) is 1. The number of hydrogen-bond donors (Lipinski definition) is 1. The first-order valence-electron chi connectivity index (χ1n) is 9.97. The van der Waals surface area contributed by atoms with Crippen LogP contribution in [-0.2, 0) is 0 Å². The molecule has 4 rings (SSSR count). The summed E-state index contributed by atoms with van der Waals surface area (Å²) in [6, 6.07) is 8.35. The van der Waals surface area contributed by atoms with Crippen LogP contribution in [0.3, 0.4) is 0 Å². The molecule has 0 bridgehead atoms. The van der Waals surface area contributed by atoms with Gasteiger partial charge in [-0.2, -0.15) is 0 Å². The van der Waals surface area contributed by atoms with Crippen LogP contribution in [0, 0.1) is 11.6 Å². The maximum absolute atomic E-state index is 14.1. The van der Waals surface area contributed by atoms with Crippen LogP contribution in [0.15, 0.2) is 40.8 Å². The lowest BCUT2D eigenvalue weighted by atomic mass is 10.0. The highest BCUT2D eigenvalue weighted by Crippen LogP contribution is 2.34. The van der Waals surface area contributed by atoms with Gasteiger partial charge < -0.3 is 14.6 Å². The third-order valence-electron chi connectivity index (χ3n) is 5.25. The molecule has 1 N–H and O–H groups in total. The zero-order valence-electron chi connectivity index (χ0n) is 16.3. The average Bonchev–Trinajstić information content (AvgIpc) is 3.34. The number of nitrogens with zero attached hydrogens (tertiary/aromatic N) is 2. The first kappa shape index (κ1) is 19.4. The molecule has 5 nitrogen and oxygen atoms in total. The second-order valence-electron chi connectivity index (χ2n) is 7.30. The molecule has 0 saturated carbocycles. The van der Waals surface area contributed by atoms with E-state index >= 15 is 0 Å². The number of likely N-dealkylation sites (tertiary alicyclic amines) is 1. The fourth-order valence-corrected chi connectivity index (χ4v) is 3.72. The van der Waals surface area contributed by atoms with Crippen molar-refractivity contribution in [2.75, 3.05) is 13.1 Å². The predicted octanol–water partition coefficient (Wildman–Crippen LogP) is 5.42. The first-order chi connectivity index (χ1) is 14.1. The molecule has 0 spiro atoms. The van der Waals surface area contributed by atoms with Crippen molar-refractivity contribution in [2.24, 2.45) is 0 Å². The smallest absolute Gasteiger partial charge is 0.318 e. The highest BCUT2D eigenvalue weighted by Gasteiger charge is 2.33. The van der Waals surface area contributed by atoms with Crippen LogP contribution in [0.5, 0.6) is 0 Å². The number of carbonyl (C=O) groups excluding carboxylic acids is 1. The lowest BCUT2D eigenvalue weighted by Crippen LogP contribution is -2.39. The molecule has 2 amide bonds. The van der Waals surface area contributed by atoms with Gasteiger partial charge in [0.2, 0.25) is 5.89 Å². The summed E-state index contributed by atoms with van der Waals surface area (Å²) in [7, 11) is 0. The lowest BCUT2D eigenvalue weighted by molar-refractivity contribution is 0.185. The monoisotopic (exact) mass is 399 g/mol. The van der Waals surface area contributed by atoms with E-state index in [0.717, 1.165) is 31.7 Å². The minimum Gasteiger partial charge on any atom is -0.438 e. The van der Waals surface area contributed by atoms with Crippen LogP contribution >= 0.6 is 0 Å². The number of nitrogens with one attached hydrogen (secondary N) is 1. The molecule has 0 radical (unpaired) electrons. The number of oxazole rings is 1. The van der Waals surface area contributed by atoms with E-state index < -0.39 is 11.6 Å². The van der Waals surface area contributed by atoms with Gasteiger partial charge in [-0.3, -0.25) is 0 Å². The van der Waals surface area contributed by atoms with E-state index in [1.165, 1.54) is 12.1 Å². The Hall–Kier alpha value is -2.96. The van der Waals surface area contributed by atoms with Crippen molar-refractivity contribution in [3.05, 3.63) is 53.9 Å². The summed E-state index contributed by atoms with van der Waals surface area (Å²) in [5.41, 5.74) is 2.05. The Balaban J connectivity index is 1.59. The summed E-state index contributed by atoms with van der Waals surface area (Å²) < 4.78 is 33.2. The zero-order chi connectivity index (χ0) is 20.4. The quantitative estimate of drug-likeness (QED) is 0.583. The van der Waals surface area contributed by atoms with Crippen molar-refractivity contribution >= 4 is 17.1 Å². The number of hydrogen-bond acceptors (Lipinski definition) is 3. The Bertz CT molecular complexity index is 1030. The van der Waals surface area contributed by atoms with E-state index in [4.69, 9.17) is 4.42 Å². The number of carbonyl (C=O) groups is 1. The van der Waals surface area contributed by atoms with Crippen molar-refractivity contribution in [2.45, 2.75) is 38.6 Å². The summed E-state index contributed by atoms with van der Waals surface area (Å²) in [4.78, 5) is 18.8. The van der Waals surface area contributed by atoms with Gasteiger partial charge in [0.05, 0.1) is 0 Å². The van der Waals surface area contributed by atoms with Gasteiger partial charge in [0, 0.05) is 24.7 Å². The van der Waals surface area contributed by atoms with E-state index in [1.54, 1.807) is 23.1 Å². The van der Waals surface area contributed by atoms with Crippen LogP contribution in [0.2, 0.25) is 0 Å². The molecule has 2 aromatic carbocycles. The molecule has 1 fully saturated rings. The number of benzene rings is 2. The Morgan fingerprint density at radius 2 is 2.14 bits per heavy atom. The van der Waals surface area contributed by atoms with Crippen molar-refractivity contribution in [1.82, 2.24) is 15.2 Å². The summed E-state index contributed by atoms with van der Waals surface area (Å²) in [5, 5.41) is 2.95. The van der Waals surface area contributed by atoms with Crippen molar-refractivity contribution in [3.8, 4) is 11.1 Å². The van der Waals surface area contributed by atoms with E-state index in [-0.39, 0.29) is 12.1 Å². The molecule has 0 aliphatic carbocycles. The molecule has 29 heavy (non-hydrogen) atoms. The molecular weight excluding hydrogens is 376 g/mol. The van der Waals surface area contributed by atoms with E-state index in [1.807, 2.05) is 0 Å². The van der Waals surface area contributed by atoms with Gasteiger partial charge in [0.25, 0.3) is 0 Å². The Kier molecular flexibility index (Phi) is 5.47. The van der Waals surface area contributed by atoms with Gasteiger partial charge >= 0.3 is 6.03 Å². The molecule has 3 aromatic rings. The number of halogens is 2. The van der Waals surface area contributed by atoms with Gasteiger partial charge in [-0.05, 0) is 49.1 Å². The largest absolute Gasteiger partial charge is 0.438 e. The van der Waals surface area contributed by atoms with Gasteiger partial charge in [-0.15, -0.1) is 0 Å². The van der Waals surface area contributed by atoms with Crippen molar-refractivity contribution in [1.29, 1.82) is 0 Å². The highest BCUT2D eigenvalue weighted by atomic mass is 19.1. The van der Waals surface area contributed by atoms with Gasteiger partial charge in [-0.25, -0.2) is 18.6 Å². The third kappa shape index (κ3) is 3.95. The molecule has 152 valence electrons. The van der Waals surface area contributed by atoms with Gasteiger partial charge in [-0.1, -0.05) is 19.4 Å². The normalized spacial score (nSPS) is 16.5. The molecule has 1 aliphatic rings. The lowest BCUT2D eigenvalue weighted by Gasteiger charge is -2.22. The summed E-state index contributed by atoms with van der Waals surface area (Å²) in [6.07, 6.45) is 3.63. The minimum atomic E-state index is -0.626. The molecule has 1 atom stereocenters. The van der Waals surface area contributed by atoms with E-state index in [9.17, 15) is 13.6 Å². The zero-order valence-corrected chi connectivity index (χ0v) is 16.3. The summed E-state index contributed by atoms with van der Waals surface area (Å²) >= 11 is 0. The molecule has 0 unspecified atom stereocenters. The van der Waals surface area contributed by atoms with Crippen LogP contribution in [0.1, 0.15) is 44.5 Å². The minimum absolute atomic E-state index is 0.0997. The Morgan fingerprint density at radius 1 is 1.28 bits per heavy atom. The van der Waals surface area contributed by atoms with Crippen molar-refractivity contribution in [3.63, 3.8) is 0 Å². The second kappa shape index (κ2) is 8.19. The highest BCUT2D eigenvalue weighted by molar-refractivity contribution is 5.81. The van der Waals surface area contributed by atoms with Gasteiger partial charge in [0.1, 0.15) is 23.2 Å². The maximum atomic E-state index is 14.1. The third-order valence-corrected chi connectivity index (χ3v) is 5.25. The molecule has 1 aliphatic heterocycles. The molecule has 2 heterocycles. The predicted molar refractivity (Wildman–Crippen MR) is 106 cm³/mol. The number of aromatic nitrogens is 1. The Labute approximate surface area is 167 Å². The van der Waals surface area contributed by atoms with E-state index in [2.05, 4.69) is 17.2 Å². The standard InChI is InChI=1S/C22H23F2N3O2/c1-2-3-10-25-22(28)27-11-4-5-19(27)21-26-18-12-14(6-9-20(18)29-21)16-8-7-15(23)13-17(16)24/h6-9,12-13,19H,2-5,10-11H2,1H3,(H,25,28)/t19-/m0/s1.